The minimum Gasteiger partial charge on any atom is -0.497 e. The Bertz CT molecular complexity index is 2220. The first-order chi connectivity index (χ1) is 25.7. The quantitative estimate of drug-likeness (QED) is 0.154. The molecule has 1 aliphatic rings. The Morgan fingerprint density at radius 3 is 1.96 bits per heavy atom. The molecule has 0 amide bonds. The molecule has 0 saturated carbocycles. The van der Waals surface area contributed by atoms with Crippen LogP contribution in [0.2, 0.25) is 0 Å². The molecule has 256 valence electrons. The number of piperazine rings is 1. The first kappa shape index (κ1) is 32.5. The number of nitrogens with one attached hydrogen (secondary N) is 1. The van der Waals surface area contributed by atoms with Crippen LogP contribution in [0.4, 0.5) is 17.6 Å². The van der Waals surface area contributed by atoms with Crippen LogP contribution < -0.4 is 19.9 Å². The predicted octanol–water partition coefficient (Wildman–Crippen LogP) is 7.67. The lowest BCUT2D eigenvalue weighted by Crippen LogP contribution is -2.47. The summed E-state index contributed by atoms with van der Waals surface area (Å²) < 4.78 is 5.25. The lowest BCUT2D eigenvalue weighted by atomic mass is 9.97. The summed E-state index contributed by atoms with van der Waals surface area (Å²) in [6.07, 6.45) is 3.58. The van der Waals surface area contributed by atoms with Crippen molar-refractivity contribution in [2.24, 2.45) is 0 Å². The van der Waals surface area contributed by atoms with E-state index in [4.69, 9.17) is 14.9 Å². The summed E-state index contributed by atoms with van der Waals surface area (Å²) in [5.74, 6) is 3.19. The highest BCUT2D eigenvalue weighted by atomic mass is 16.5. The average molecular weight is 684 g/mol. The molecule has 7 aromatic rings. The third-order valence-electron chi connectivity index (χ3n) is 9.24. The number of benzene rings is 4. The zero-order valence-electron chi connectivity index (χ0n) is 28.8. The van der Waals surface area contributed by atoms with Crippen LogP contribution in [-0.4, -0.2) is 63.7 Å². The Kier molecular flexibility index (Phi) is 9.42. The van der Waals surface area contributed by atoms with Crippen molar-refractivity contribution in [1.82, 2.24) is 30.4 Å². The Hall–Kier alpha value is -6.68. The number of hydrogen-bond donors (Lipinski definition) is 1. The summed E-state index contributed by atoms with van der Waals surface area (Å²) >= 11 is 0. The van der Waals surface area contributed by atoms with Gasteiger partial charge in [-0.05, 0) is 64.7 Å². The fraction of sp³-hybridized carbons (Fsp3) is 0.143. The number of methoxy groups -OCH3 is 1. The largest absolute Gasteiger partial charge is 0.497 e. The minimum absolute atomic E-state index is 0.650. The molecule has 0 bridgehead atoms. The second-order valence-electron chi connectivity index (χ2n) is 12.5. The van der Waals surface area contributed by atoms with Gasteiger partial charge in [0, 0.05) is 61.8 Å². The molecule has 1 aliphatic heterocycles. The van der Waals surface area contributed by atoms with Gasteiger partial charge < -0.3 is 19.9 Å². The van der Waals surface area contributed by atoms with Crippen molar-refractivity contribution >= 4 is 17.6 Å². The van der Waals surface area contributed by atoms with Gasteiger partial charge in [0.15, 0.2) is 5.82 Å². The molecule has 0 aliphatic carbocycles. The maximum absolute atomic E-state index is 5.25. The molecule has 10 heteroatoms. The first-order valence-electron chi connectivity index (χ1n) is 17.3. The summed E-state index contributed by atoms with van der Waals surface area (Å²) in [7, 11) is 1.67. The van der Waals surface area contributed by atoms with E-state index >= 15 is 0 Å². The van der Waals surface area contributed by atoms with Crippen LogP contribution in [-0.2, 0) is 6.54 Å². The van der Waals surface area contributed by atoms with Crippen LogP contribution in [0.5, 0.6) is 5.75 Å². The molecule has 0 spiro atoms. The van der Waals surface area contributed by atoms with Gasteiger partial charge in [0.25, 0.3) is 0 Å². The van der Waals surface area contributed by atoms with Gasteiger partial charge in [-0.2, -0.15) is 0 Å². The summed E-state index contributed by atoms with van der Waals surface area (Å²) in [5.41, 5.74) is 9.18. The van der Waals surface area contributed by atoms with E-state index < -0.39 is 0 Å². The van der Waals surface area contributed by atoms with Gasteiger partial charge in [-0.15, -0.1) is 20.4 Å². The smallest absolute Gasteiger partial charge is 0.225 e. The van der Waals surface area contributed by atoms with Crippen molar-refractivity contribution in [2.45, 2.75) is 6.54 Å². The Balaban J connectivity index is 1.01. The fourth-order valence-corrected chi connectivity index (χ4v) is 6.37. The molecule has 1 fully saturated rings. The topological polar surface area (TPSA) is 105 Å². The fourth-order valence-electron chi connectivity index (χ4n) is 6.37. The van der Waals surface area contributed by atoms with E-state index in [1.54, 1.807) is 19.5 Å². The summed E-state index contributed by atoms with van der Waals surface area (Å²) in [5, 5.41) is 21.8. The second kappa shape index (κ2) is 15.1. The first-order valence-corrected chi connectivity index (χ1v) is 17.3. The molecular formula is C42H37N9O. The highest BCUT2D eigenvalue weighted by molar-refractivity contribution is 5.82. The van der Waals surface area contributed by atoms with Crippen molar-refractivity contribution < 1.29 is 4.74 Å². The molecule has 8 rings (SSSR count). The van der Waals surface area contributed by atoms with Crippen LogP contribution in [0.1, 0.15) is 5.56 Å². The van der Waals surface area contributed by atoms with Crippen LogP contribution >= 0.6 is 0 Å². The van der Waals surface area contributed by atoms with Crippen molar-refractivity contribution in [3.8, 4) is 50.5 Å². The maximum atomic E-state index is 5.25. The van der Waals surface area contributed by atoms with Crippen LogP contribution in [0.25, 0.3) is 44.8 Å². The van der Waals surface area contributed by atoms with E-state index in [1.165, 1.54) is 0 Å². The maximum Gasteiger partial charge on any atom is 0.225 e. The number of rotatable bonds is 10. The number of ether oxygens (including phenoxy) is 1. The molecule has 0 unspecified atom stereocenters. The van der Waals surface area contributed by atoms with E-state index in [-0.39, 0.29) is 0 Å². The van der Waals surface area contributed by atoms with E-state index in [0.717, 1.165) is 99.8 Å². The van der Waals surface area contributed by atoms with Gasteiger partial charge in [0.05, 0.1) is 18.5 Å². The van der Waals surface area contributed by atoms with Gasteiger partial charge in [0.2, 0.25) is 5.95 Å². The van der Waals surface area contributed by atoms with E-state index in [2.05, 4.69) is 102 Å². The molecular weight excluding hydrogens is 647 g/mol. The van der Waals surface area contributed by atoms with Crippen molar-refractivity contribution in [1.29, 1.82) is 0 Å². The van der Waals surface area contributed by atoms with Gasteiger partial charge in [-0.3, -0.25) is 0 Å². The van der Waals surface area contributed by atoms with E-state index in [1.807, 2.05) is 60.7 Å². The Morgan fingerprint density at radius 2 is 1.23 bits per heavy atom. The zero-order chi connectivity index (χ0) is 35.1. The molecule has 1 N–H and O–H groups in total. The summed E-state index contributed by atoms with van der Waals surface area (Å²) in [6, 6.07) is 43.3. The molecule has 10 nitrogen and oxygen atoms in total. The molecule has 1 saturated heterocycles. The third kappa shape index (κ3) is 7.27. The summed E-state index contributed by atoms with van der Waals surface area (Å²) in [6.45, 7) is 3.82. The van der Waals surface area contributed by atoms with Gasteiger partial charge >= 0.3 is 0 Å². The Labute approximate surface area is 302 Å². The number of aromatic nitrogens is 6. The number of nitrogens with zero attached hydrogens (tertiary/aromatic N) is 8. The lowest BCUT2D eigenvalue weighted by molar-refractivity contribution is 0.414. The van der Waals surface area contributed by atoms with Crippen LogP contribution in [0, 0.1) is 0 Å². The van der Waals surface area contributed by atoms with Crippen LogP contribution in [0.15, 0.2) is 140 Å². The molecule has 4 heterocycles. The van der Waals surface area contributed by atoms with Crippen molar-refractivity contribution in [3.05, 3.63) is 145 Å². The summed E-state index contributed by atoms with van der Waals surface area (Å²) in [4.78, 5) is 13.4. The van der Waals surface area contributed by atoms with Crippen molar-refractivity contribution in [2.75, 3.05) is 48.4 Å². The number of anilines is 3. The lowest BCUT2D eigenvalue weighted by Gasteiger charge is -2.36. The van der Waals surface area contributed by atoms with Crippen LogP contribution in [0.3, 0.4) is 0 Å². The molecule has 4 aromatic carbocycles. The third-order valence-corrected chi connectivity index (χ3v) is 9.24. The second-order valence-corrected chi connectivity index (χ2v) is 12.5. The standard InChI is InChI=1S/C42H37N9O/c1-52-36-17-11-30(12-18-36)29-45-40-20-19-38(46-48-40)33-15-13-31(14-16-33)34-9-5-10-35(27-34)37-28-39(32-7-3-2-4-8-32)47-49-41(37)50-23-25-51(26-24-50)42-43-21-6-22-44-42/h2-22,27-28H,23-26,29H2,1H3,(H,45,48). The molecule has 3 aromatic heterocycles. The molecule has 52 heavy (non-hydrogen) atoms. The van der Waals surface area contributed by atoms with Crippen molar-refractivity contribution in [3.63, 3.8) is 0 Å². The zero-order valence-corrected chi connectivity index (χ0v) is 28.8. The minimum atomic E-state index is 0.650. The highest BCUT2D eigenvalue weighted by Crippen LogP contribution is 2.35. The normalized spacial score (nSPS) is 12.8. The van der Waals surface area contributed by atoms with E-state index in [0.29, 0.717) is 6.54 Å². The van der Waals surface area contributed by atoms with E-state index in [9.17, 15) is 0 Å². The Morgan fingerprint density at radius 1 is 0.558 bits per heavy atom. The van der Waals surface area contributed by atoms with Gasteiger partial charge in [-0.1, -0.05) is 84.9 Å². The molecule has 0 radical (unpaired) electrons. The monoisotopic (exact) mass is 683 g/mol. The van der Waals surface area contributed by atoms with Gasteiger partial charge in [0.1, 0.15) is 11.6 Å². The predicted molar refractivity (Wildman–Crippen MR) is 206 cm³/mol. The average Bonchev–Trinajstić information content (AvgIpc) is 3.24. The molecule has 0 atom stereocenters. The number of hydrogen-bond acceptors (Lipinski definition) is 10. The highest BCUT2D eigenvalue weighted by Gasteiger charge is 2.23. The van der Waals surface area contributed by atoms with Gasteiger partial charge in [-0.25, -0.2) is 9.97 Å². The SMILES string of the molecule is COc1ccc(CNc2ccc(-c3ccc(-c4cccc(-c5cc(-c6ccccc6)nnc5N5CCN(c6ncccn6)CC5)c4)cc3)nn2)cc1.